The van der Waals surface area contributed by atoms with E-state index in [1.807, 2.05) is 49.4 Å². The van der Waals surface area contributed by atoms with Crippen molar-refractivity contribution >= 4 is 49.0 Å². The number of nitrogens with one attached hydrogen (secondary N) is 3. The monoisotopic (exact) mass is 717 g/mol. The Hall–Kier alpha value is -3.61. The third kappa shape index (κ3) is 6.41. The maximum absolute atomic E-state index is 14.3. The molecular formula is C39H55N5O6Si. The Morgan fingerprint density at radius 2 is 1.63 bits per heavy atom. The van der Waals surface area contributed by atoms with Gasteiger partial charge in [0.1, 0.15) is 12.1 Å². The van der Waals surface area contributed by atoms with E-state index in [-0.39, 0.29) is 34.0 Å². The number of cyclic esters (lactones) is 1. The van der Waals surface area contributed by atoms with Gasteiger partial charge in [-0.15, -0.1) is 0 Å². The molecule has 0 radical (unpaired) electrons. The van der Waals surface area contributed by atoms with Crippen molar-refractivity contribution in [3.05, 3.63) is 47.7 Å². The molecule has 1 aromatic heterocycles. The average molecular weight is 718 g/mol. The molecule has 1 spiro atoms. The summed E-state index contributed by atoms with van der Waals surface area (Å²) in [6, 6.07) is 7.96. The standard InChI is InChI=1S/C39H55N5O6Si/c1-23(2)51(37(6,7)38(51,8)9)50-29-17-19-39(22-29)18-16-27-12-13-28-14-15-30(42-32(28)21-27)24(3)40-34(46)31-11-10-20-44(43-31)35(47)25(4)41-33(45)26(5)49-36(39)48/h12-16,18,21,23-26,29,31,43H,10-11,17,19-20,22H2,1-9H3,(H,40,46)(H,41,45)/b18-16+/t24-,25+,26+,29?,31+,39?/m1/s1. The van der Waals surface area contributed by atoms with E-state index in [4.69, 9.17) is 14.1 Å². The van der Waals surface area contributed by atoms with Gasteiger partial charge in [-0.3, -0.25) is 29.2 Å². The van der Waals surface area contributed by atoms with Crippen molar-refractivity contribution in [1.29, 1.82) is 0 Å². The number of carbonyl (C=O) groups excluding carboxylic acids is 4. The fourth-order valence-electron chi connectivity index (χ4n) is 9.21. The fraction of sp³-hybridized carbons (Fsp3) is 0.615. The van der Waals surface area contributed by atoms with Crippen molar-refractivity contribution in [3.8, 4) is 0 Å². The number of hydrazine groups is 1. The van der Waals surface area contributed by atoms with Crippen LogP contribution in [0.15, 0.2) is 36.4 Å². The number of hydrogen-bond acceptors (Lipinski definition) is 8. The van der Waals surface area contributed by atoms with Gasteiger partial charge in [0.15, 0.2) is 6.10 Å². The molecule has 4 aliphatic rings. The summed E-state index contributed by atoms with van der Waals surface area (Å²) in [6.07, 6.45) is 5.47. The molecule has 4 heterocycles. The summed E-state index contributed by atoms with van der Waals surface area (Å²) in [5.74, 6) is -1.66. The summed E-state index contributed by atoms with van der Waals surface area (Å²) >= 11 is 0. The molecule has 12 heteroatoms. The number of pyridine rings is 1. The molecule has 5 bridgehead atoms. The predicted octanol–water partition coefficient (Wildman–Crippen LogP) is 5.86. The summed E-state index contributed by atoms with van der Waals surface area (Å²) < 4.78 is 13.1. The second kappa shape index (κ2) is 13.4. The molecule has 3 N–H and O–H groups in total. The topological polar surface area (TPSA) is 139 Å². The van der Waals surface area contributed by atoms with E-state index >= 15 is 0 Å². The lowest BCUT2D eigenvalue weighted by Gasteiger charge is -2.35. The van der Waals surface area contributed by atoms with Crippen LogP contribution in [0.25, 0.3) is 17.0 Å². The first-order valence-corrected chi connectivity index (χ1v) is 20.6. The number of rotatable bonds is 3. The van der Waals surface area contributed by atoms with Crippen molar-refractivity contribution in [2.45, 2.75) is 140 Å². The Balaban J connectivity index is 1.34. The molecule has 3 aliphatic heterocycles. The first-order chi connectivity index (χ1) is 23.9. The maximum atomic E-state index is 14.3. The molecule has 276 valence electrons. The number of ether oxygens (including phenoxy) is 1. The molecule has 3 fully saturated rings. The summed E-state index contributed by atoms with van der Waals surface area (Å²) in [7, 11) is -2.19. The molecule has 6 rings (SSSR count). The highest BCUT2D eigenvalue weighted by molar-refractivity contribution is 6.92. The number of aromatic nitrogens is 1. The Morgan fingerprint density at radius 3 is 2.31 bits per heavy atom. The normalized spacial score (nSPS) is 32.8. The van der Waals surface area contributed by atoms with Crippen LogP contribution in [0.2, 0.25) is 15.6 Å². The van der Waals surface area contributed by atoms with Gasteiger partial charge in [0, 0.05) is 18.0 Å². The Morgan fingerprint density at radius 1 is 0.941 bits per heavy atom. The van der Waals surface area contributed by atoms with Crippen LogP contribution < -0.4 is 16.1 Å². The van der Waals surface area contributed by atoms with Crippen LogP contribution in [0.1, 0.15) is 112 Å². The Kier molecular flexibility index (Phi) is 9.78. The smallest absolute Gasteiger partial charge is 0.316 e. The van der Waals surface area contributed by atoms with Crippen LogP contribution in [0.3, 0.4) is 0 Å². The van der Waals surface area contributed by atoms with E-state index in [2.05, 4.69) is 57.6 Å². The average Bonchev–Trinajstić information content (AvgIpc) is 3.34. The van der Waals surface area contributed by atoms with Gasteiger partial charge in [-0.05, 0) is 86.2 Å². The van der Waals surface area contributed by atoms with Crippen LogP contribution in [0.4, 0.5) is 0 Å². The fourth-order valence-corrected chi connectivity index (χ4v) is 16.7. The molecular weight excluding hydrogens is 663 g/mol. The van der Waals surface area contributed by atoms with Crippen LogP contribution >= 0.6 is 0 Å². The van der Waals surface area contributed by atoms with Crippen LogP contribution in [-0.2, 0) is 28.3 Å². The van der Waals surface area contributed by atoms with E-state index in [0.717, 1.165) is 16.5 Å². The van der Waals surface area contributed by atoms with Crippen molar-refractivity contribution in [2.75, 3.05) is 6.54 Å². The van der Waals surface area contributed by atoms with Gasteiger partial charge in [-0.1, -0.05) is 71.9 Å². The van der Waals surface area contributed by atoms with E-state index in [1.54, 1.807) is 6.92 Å². The van der Waals surface area contributed by atoms with Gasteiger partial charge in [0.25, 0.3) is 11.8 Å². The summed E-state index contributed by atoms with van der Waals surface area (Å²) in [5, 5.41) is 8.32. The summed E-state index contributed by atoms with van der Waals surface area (Å²) in [6.45, 7) is 19.2. The number of hydrogen-bond donors (Lipinski definition) is 3. The number of fused-ring (bicyclic) bond motifs is 4. The first-order valence-electron chi connectivity index (χ1n) is 18.6. The molecule has 1 aromatic carbocycles. The van der Waals surface area contributed by atoms with E-state index < -0.39 is 43.8 Å². The number of amides is 3. The highest BCUT2D eigenvalue weighted by Gasteiger charge is 2.82. The predicted molar refractivity (Wildman–Crippen MR) is 198 cm³/mol. The minimum atomic E-state index is -2.19. The lowest BCUT2D eigenvalue weighted by Crippen LogP contribution is -2.61. The van der Waals surface area contributed by atoms with Crippen LogP contribution in [0.5, 0.6) is 0 Å². The third-order valence-corrected chi connectivity index (χ3v) is 19.8. The van der Waals surface area contributed by atoms with Crippen LogP contribution in [-0.4, -0.2) is 72.8 Å². The van der Waals surface area contributed by atoms with Gasteiger partial charge in [-0.2, -0.15) is 0 Å². The van der Waals surface area contributed by atoms with E-state index in [1.165, 1.54) is 11.9 Å². The third-order valence-electron chi connectivity index (χ3n) is 12.7. The largest absolute Gasteiger partial charge is 0.452 e. The highest BCUT2D eigenvalue weighted by Crippen LogP contribution is 2.84. The zero-order chi connectivity index (χ0) is 37.1. The molecule has 1 aliphatic carbocycles. The highest BCUT2D eigenvalue weighted by atomic mass is 28.4. The molecule has 2 unspecified atom stereocenters. The first kappa shape index (κ1) is 37.2. The van der Waals surface area contributed by atoms with Crippen molar-refractivity contribution in [3.63, 3.8) is 0 Å². The number of esters is 1. The van der Waals surface area contributed by atoms with E-state index in [0.29, 0.717) is 49.9 Å². The molecule has 6 atom stereocenters. The molecule has 1 saturated carbocycles. The Bertz CT molecular complexity index is 1740. The van der Waals surface area contributed by atoms with Crippen molar-refractivity contribution in [1.82, 2.24) is 26.1 Å². The molecule has 51 heavy (non-hydrogen) atoms. The Labute approximate surface area is 302 Å². The van der Waals surface area contributed by atoms with Crippen molar-refractivity contribution in [2.24, 2.45) is 5.41 Å². The van der Waals surface area contributed by atoms with Gasteiger partial charge < -0.3 is 19.8 Å². The number of nitrogens with zero attached hydrogens (tertiary/aromatic N) is 2. The lowest BCUT2D eigenvalue weighted by molar-refractivity contribution is -0.163. The number of carbonyl (C=O) groups is 4. The zero-order valence-electron chi connectivity index (χ0n) is 31.6. The lowest BCUT2D eigenvalue weighted by atomic mass is 9.85. The van der Waals surface area contributed by atoms with Gasteiger partial charge >= 0.3 is 5.97 Å². The quantitative estimate of drug-likeness (QED) is 0.265. The number of benzene rings is 1. The minimum Gasteiger partial charge on any atom is -0.452 e. The van der Waals surface area contributed by atoms with Crippen LogP contribution in [0, 0.1) is 5.41 Å². The minimum absolute atomic E-state index is 0.0951. The van der Waals surface area contributed by atoms with Gasteiger partial charge in [0.2, 0.25) is 14.2 Å². The molecule has 11 nitrogen and oxygen atoms in total. The van der Waals surface area contributed by atoms with Gasteiger partial charge in [-0.25, -0.2) is 5.43 Å². The van der Waals surface area contributed by atoms with Gasteiger partial charge in [0.05, 0.1) is 22.7 Å². The zero-order valence-corrected chi connectivity index (χ0v) is 32.6. The SMILES string of the molecule is CC(C)[Si]1(OC2CCC3(/C=C/c4ccc5ccc(nc5c4)[C@@H](C)NC(=O)[C@@H]4CCCN(N4)C(=O)[C@H](C)NC(=O)[C@H](C)OC3=O)C2)C(C)(C)C1(C)C. The summed E-state index contributed by atoms with van der Waals surface area (Å²) in [4.78, 5) is 59.2. The molecule has 2 saturated heterocycles. The molecule has 2 aromatic rings. The maximum Gasteiger partial charge on any atom is 0.316 e. The summed E-state index contributed by atoms with van der Waals surface area (Å²) in [5.41, 5.74) is 4.80. The van der Waals surface area contributed by atoms with Crippen molar-refractivity contribution < 1.29 is 28.3 Å². The second-order valence-electron chi connectivity index (χ2n) is 16.6. The van der Waals surface area contributed by atoms with E-state index in [9.17, 15) is 19.2 Å². The second-order valence-corrected chi connectivity index (χ2v) is 22.0. The molecule has 3 amide bonds.